The highest BCUT2D eigenvalue weighted by molar-refractivity contribution is 6.25. The molecule has 0 rings (SSSR count). The van der Waals surface area contributed by atoms with Crippen LogP contribution in [-0.2, 0) is 0 Å². The second-order valence-electron chi connectivity index (χ2n) is 0.846. The minimum Gasteiger partial charge on any atom is -0.454 e. The second kappa shape index (κ2) is 4.56. The molecule has 0 aromatic rings. The van der Waals surface area contributed by atoms with Gasteiger partial charge in [-0.25, -0.2) is 0 Å². The standard InChI is InChI=1S/C3H7BNO/c5-3-1-2-4-6/h1,3,6H,2,5H2/b3-1+. The lowest BCUT2D eigenvalue weighted by Gasteiger charge is -1.73. The van der Waals surface area contributed by atoms with Crippen LogP contribution < -0.4 is 5.73 Å². The zero-order chi connectivity index (χ0) is 4.83. The Morgan fingerprint density at radius 1 is 1.83 bits per heavy atom. The molecular weight excluding hydrogens is 76.9 g/mol. The van der Waals surface area contributed by atoms with Crippen molar-refractivity contribution in [3.05, 3.63) is 12.3 Å². The highest BCUT2D eigenvalue weighted by Crippen LogP contribution is 1.72. The third kappa shape index (κ3) is 3.56. The molecule has 33 valence electrons. The predicted octanol–water partition coefficient (Wildman–Crippen LogP) is -0.511. The van der Waals surface area contributed by atoms with E-state index in [1.807, 2.05) is 0 Å². The Hall–Kier alpha value is -0.435. The average molecular weight is 83.9 g/mol. The van der Waals surface area contributed by atoms with Gasteiger partial charge in [-0.1, -0.05) is 6.08 Å². The van der Waals surface area contributed by atoms with E-state index in [4.69, 9.17) is 10.8 Å². The maximum absolute atomic E-state index is 7.97. The number of allylic oxidation sites excluding steroid dienone is 1. The van der Waals surface area contributed by atoms with Crippen molar-refractivity contribution in [3.8, 4) is 0 Å². The van der Waals surface area contributed by atoms with Gasteiger partial charge >= 0.3 is 0 Å². The van der Waals surface area contributed by atoms with Gasteiger partial charge in [0.15, 0.2) is 0 Å². The fourth-order valence-electron chi connectivity index (χ4n) is 0.139. The van der Waals surface area contributed by atoms with Gasteiger partial charge < -0.3 is 10.8 Å². The van der Waals surface area contributed by atoms with Crippen molar-refractivity contribution >= 4 is 7.48 Å². The van der Waals surface area contributed by atoms with Crippen molar-refractivity contribution < 1.29 is 5.02 Å². The molecule has 0 saturated carbocycles. The van der Waals surface area contributed by atoms with Crippen molar-refractivity contribution in [2.24, 2.45) is 5.73 Å². The SMILES string of the molecule is N/C=C/C[B]O. The molecule has 0 aliphatic heterocycles. The van der Waals surface area contributed by atoms with Gasteiger partial charge in [0.25, 0.3) is 7.48 Å². The molecule has 2 nitrogen and oxygen atoms in total. The first-order valence-electron chi connectivity index (χ1n) is 1.74. The fraction of sp³-hybridized carbons (Fsp3) is 0.333. The summed E-state index contributed by atoms with van der Waals surface area (Å²) in [5.74, 6) is 0. The van der Waals surface area contributed by atoms with E-state index >= 15 is 0 Å². The topological polar surface area (TPSA) is 46.2 Å². The molecule has 0 aromatic heterocycles. The molecule has 0 aliphatic carbocycles. The number of hydrogen-bond acceptors (Lipinski definition) is 2. The third-order valence-electron chi connectivity index (χ3n) is 0.378. The number of rotatable bonds is 2. The molecule has 0 heterocycles. The average Bonchev–Trinajstić information content (AvgIpc) is 1.61. The molecule has 0 aliphatic rings. The Morgan fingerprint density at radius 3 is 2.67 bits per heavy atom. The second-order valence-corrected chi connectivity index (χ2v) is 0.846. The summed E-state index contributed by atoms with van der Waals surface area (Å²) in [4.78, 5) is 0. The van der Waals surface area contributed by atoms with Crippen LogP contribution >= 0.6 is 0 Å². The van der Waals surface area contributed by atoms with Crippen LogP contribution in [0.3, 0.4) is 0 Å². The van der Waals surface area contributed by atoms with E-state index in [2.05, 4.69) is 0 Å². The van der Waals surface area contributed by atoms with Crippen molar-refractivity contribution in [3.63, 3.8) is 0 Å². The van der Waals surface area contributed by atoms with Crippen molar-refractivity contribution in [1.29, 1.82) is 0 Å². The number of hydrogen-bond donors (Lipinski definition) is 2. The van der Waals surface area contributed by atoms with Gasteiger partial charge in [0.1, 0.15) is 0 Å². The first kappa shape index (κ1) is 5.56. The van der Waals surface area contributed by atoms with Crippen LogP contribution in [-0.4, -0.2) is 12.5 Å². The third-order valence-corrected chi connectivity index (χ3v) is 0.378. The normalized spacial score (nSPS) is 9.50. The first-order valence-corrected chi connectivity index (χ1v) is 1.74. The molecule has 0 spiro atoms. The van der Waals surface area contributed by atoms with Gasteiger partial charge in [0.2, 0.25) is 0 Å². The molecule has 3 N–H and O–H groups in total. The van der Waals surface area contributed by atoms with E-state index in [0.29, 0.717) is 6.32 Å². The maximum atomic E-state index is 7.97. The Bertz CT molecular complexity index is 46.1. The van der Waals surface area contributed by atoms with Gasteiger partial charge in [0.05, 0.1) is 0 Å². The van der Waals surface area contributed by atoms with E-state index in [1.54, 1.807) is 6.08 Å². The largest absolute Gasteiger partial charge is 0.454 e. The van der Waals surface area contributed by atoms with E-state index in [-0.39, 0.29) is 0 Å². The summed E-state index contributed by atoms with van der Waals surface area (Å²) in [7, 11) is 1.04. The summed E-state index contributed by atoms with van der Waals surface area (Å²) in [5, 5.41) is 7.97. The Balaban J connectivity index is 2.66. The zero-order valence-corrected chi connectivity index (χ0v) is 3.46. The molecule has 3 heteroatoms. The smallest absolute Gasteiger partial charge is 0.291 e. The molecule has 0 saturated heterocycles. The van der Waals surface area contributed by atoms with Crippen LogP contribution in [0.4, 0.5) is 0 Å². The van der Waals surface area contributed by atoms with E-state index < -0.39 is 0 Å². The molecule has 0 atom stereocenters. The molecule has 1 radical (unpaired) electrons. The molecular formula is C3H7BNO. The van der Waals surface area contributed by atoms with Crippen LogP contribution in [0.2, 0.25) is 6.32 Å². The summed E-state index contributed by atoms with van der Waals surface area (Å²) in [6.07, 6.45) is 3.59. The summed E-state index contributed by atoms with van der Waals surface area (Å²) in [6.45, 7) is 0. The minimum atomic E-state index is 0.538. The van der Waals surface area contributed by atoms with Gasteiger partial charge in [-0.3, -0.25) is 0 Å². The maximum Gasteiger partial charge on any atom is 0.291 e. The minimum absolute atomic E-state index is 0.538. The van der Waals surface area contributed by atoms with Gasteiger partial charge in [-0.05, 0) is 12.5 Å². The fourth-order valence-corrected chi connectivity index (χ4v) is 0.139. The lowest BCUT2D eigenvalue weighted by molar-refractivity contribution is 0.605. The van der Waals surface area contributed by atoms with Gasteiger partial charge in [-0.15, -0.1) is 0 Å². The van der Waals surface area contributed by atoms with Crippen molar-refractivity contribution in [2.75, 3.05) is 0 Å². The van der Waals surface area contributed by atoms with Gasteiger partial charge in [0, 0.05) is 0 Å². The summed E-state index contributed by atoms with van der Waals surface area (Å²) in [6, 6.07) is 0. The Kier molecular flexibility index (Phi) is 4.23. The number of nitrogens with two attached hydrogens (primary N) is 1. The summed E-state index contributed by atoms with van der Waals surface area (Å²) < 4.78 is 0. The molecule has 0 amide bonds. The van der Waals surface area contributed by atoms with E-state index in [9.17, 15) is 0 Å². The van der Waals surface area contributed by atoms with Crippen LogP contribution in [0.1, 0.15) is 0 Å². The predicted molar refractivity (Wildman–Crippen MR) is 26.1 cm³/mol. The zero-order valence-electron chi connectivity index (χ0n) is 3.46. The van der Waals surface area contributed by atoms with Gasteiger partial charge in [-0.2, -0.15) is 0 Å². The first-order chi connectivity index (χ1) is 2.91. The Morgan fingerprint density at radius 2 is 2.50 bits per heavy atom. The molecule has 0 unspecified atom stereocenters. The molecule has 0 aromatic carbocycles. The lowest BCUT2D eigenvalue weighted by atomic mass is 9.97. The Labute approximate surface area is 37.9 Å². The summed E-state index contributed by atoms with van der Waals surface area (Å²) >= 11 is 0. The molecule has 6 heavy (non-hydrogen) atoms. The van der Waals surface area contributed by atoms with Crippen LogP contribution in [0.25, 0.3) is 0 Å². The van der Waals surface area contributed by atoms with E-state index in [1.165, 1.54) is 6.20 Å². The lowest BCUT2D eigenvalue weighted by Crippen LogP contribution is -1.82. The highest BCUT2D eigenvalue weighted by Gasteiger charge is 1.72. The van der Waals surface area contributed by atoms with Crippen molar-refractivity contribution in [1.82, 2.24) is 0 Å². The molecule has 0 fully saturated rings. The highest BCUT2D eigenvalue weighted by atomic mass is 16.2. The summed E-state index contributed by atoms with van der Waals surface area (Å²) in [5.41, 5.74) is 4.90. The monoisotopic (exact) mass is 84.1 g/mol. The van der Waals surface area contributed by atoms with Crippen molar-refractivity contribution in [2.45, 2.75) is 6.32 Å². The molecule has 0 bridgehead atoms. The van der Waals surface area contributed by atoms with Crippen LogP contribution in [0.5, 0.6) is 0 Å². The quantitative estimate of drug-likeness (QED) is 0.442. The van der Waals surface area contributed by atoms with E-state index in [0.717, 1.165) is 7.48 Å². The van der Waals surface area contributed by atoms with Crippen LogP contribution in [0, 0.1) is 0 Å². The van der Waals surface area contributed by atoms with Crippen LogP contribution in [0.15, 0.2) is 12.3 Å².